The van der Waals surface area contributed by atoms with Gasteiger partial charge < -0.3 is 5.73 Å². The van der Waals surface area contributed by atoms with Crippen molar-refractivity contribution in [3.8, 4) is 10.6 Å². The zero-order chi connectivity index (χ0) is 11.7. The standard InChI is InChI=1S/C13H11N3S.ClH/c14-7-10-6-11-12(8-15-10)17-13(16-11)9-4-2-1-3-5-9;/h1-6,8H,7,14H2;1H. The van der Waals surface area contributed by atoms with Crippen molar-refractivity contribution >= 4 is 34.0 Å². The molecule has 3 nitrogen and oxygen atoms in total. The normalized spacial score (nSPS) is 10.3. The van der Waals surface area contributed by atoms with Crippen molar-refractivity contribution in [1.82, 2.24) is 9.97 Å². The monoisotopic (exact) mass is 277 g/mol. The molecule has 2 N–H and O–H groups in total. The van der Waals surface area contributed by atoms with Crippen LogP contribution in [0, 0.1) is 0 Å². The fourth-order valence-electron chi connectivity index (χ4n) is 1.69. The minimum atomic E-state index is 0. The molecule has 0 saturated carbocycles. The van der Waals surface area contributed by atoms with Gasteiger partial charge in [0, 0.05) is 18.3 Å². The number of aromatic nitrogens is 2. The van der Waals surface area contributed by atoms with Crippen LogP contribution in [0.25, 0.3) is 20.8 Å². The Morgan fingerprint density at radius 2 is 1.94 bits per heavy atom. The molecule has 0 bridgehead atoms. The molecule has 5 heteroatoms. The van der Waals surface area contributed by atoms with E-state index < -0.39 is 0 Å². The summed E-state index contributed by atoms with van der Waals surface area (Å²) in [6.45, 7) is 0.453. The lowest BCUT2D eigenvalue weighted by Crippen LogP contribution is -1.98. The molecule has 0 atom stereocenters. The average Bonchev–Trinajstić information content (AvgIpc) is 2.82. The number of thiazole rings is 1. The number of halogens is 1. The molecule has 18 heavy (non-hydrogen) atoms. The second kappa shape index (κ2) is 5.44. The van der Waals surface area contributed by atoms with Crippen molar-refractivity contribution < 1.29 is 0 Å². The summed E-state index contributed by atoms with van der Waals surface area (Å²) in [5.41, 5.74) is 8.57. The van der Waals surface area contributed by atoms with Gasteiger partial charge in [-0.15, -0.1) is 23.7 Å². The first kappa shape index (κ1) is 13.0. The maximum absolute atomic E-state index is 5.57. The molecule has 0 aliphatic rings. The summed E-state index contributed by atoms with van der Waals surface area (Å²) in [6.07, 6.45) is 1.85. The Hall–Kier alpha value is -1.49. The van der Waals surface area contributed by atoms with Gasteiger partial charge in [0.2, 0.25) is 0 Å². The minimum absolute atomic E-state index is 0. The van der Waals surface area contributed by atoms with E-state index in [0.29, 0.717) is 6.54 Å². The van der Waals surface area contributed by atoms with Crippen molar-refractivity contribution in [2.75, 3.05) is 0 Å². The maximum Gasteiger partial charge on any atom is 0.124 e. The second-order valence-corrected chi connectivity index (χ2v) is 4.76. The smallest absolute Gasteiger partial charge is 0.124 e. The van der Waals surface area contributed by atoms with Crippen molar-refractivity contribution in [3.63, 3.8) is 0 Å². The third-order valence-corrected chi connectivity index (χ3v) is 3.62. The van der Waals surface area contributed by atoms with Gasteiger partial charge >= 0.3 is 0 Å². The van der Waals surface area contributed by atoms with E-state index in [1.807, 2.05) is 30.5 Å². The van der Waals surface area contributed by atoms with E-state index in [1.54, 1.807) is 11.3 Å². The molecule has 0 saturated heterocycles. The first-order valence-electron chi connectivity index (χ1n) is 5.38. The number of nitrogens with two attached hydrogens (primary N) is 1. The summed E-state index contributed by atoms with van der Waals surface area (Å²) < 4.78 is 1.10. The molecule has 3 rings (SSSR count). The summed E-state index contributed by atoms with van der Waals surface area (Å²) in [6, 6.07) is 12.1. The Morgan fingerprint density at radius 3 is 2.67 bits per heavy atom. The zero-order valence-corrected chi connectivity index (χ0v) is 11.2. The van der Waals surface area contributed by atoms with E-state index in [2.05, 4.69) is 22.1 Å². The number of rotatable bonds is 2. The van der Waals surface area contributed by atoms with Gasteiger partial charge in [-0.2, -0.15) is 0 Å². The van der Waals surface area contributed by atoms with Gasteiger partial charge in [0.15, 0.2) is 0 Å². The van der Waals surface area contributed by atoms with Crippen molar-refractivity contribution in [1.29, 1.82) is 0 Å². The quantitative estimate of drug-likeness (QED) is 0.782. The fourth-order valence-corrected chi connectivity index (χ4v) is 2.61. The van der Waals surface area contributed by atoms with Gasteiger partial charge in [-0.05, 0) is 6.07 Å². The molecule has 0 aliphatic carbocycles. The summed E-state index contributed by atoms with van der Waals surface area (Å²) in [4.78, 5) is 8.89. The highest BCUT2D eigenvalue weighted by atomic mass is 35.5. The van der Waals surface area contributed by atoms with Gasteiger partial charge in [-0.1, -0.05) is 30.3 Å². The van der Waals surface area contributed by atoms with E-state index in [-0.39, 0.29) is 12.4 Å². The van der Waals surface area contributed by atoms with Crippen LogP contribution >= 0.6 is 23.7 Å². The molecular formula is C13H12ClN3S. The van der Waals surface area contributed by atoms with Gasteiger partial charge in [0.05, 0.1) is 15.9 Å². The molecule has 92 valence electrons. The molecule has 1 aromatic carbocycles. The number of nitrogens with zero attached hydrogens (tertiary/aromatic N) is 2. The third-order valence-electron chi connectivity index (χ3n) is 2.56. The fraction of sp³-hybridized carbons (Fsp3) is 0.0769. The number of hydrogen-bond acceptors (Lipinski definition) is 4. The van der Waals surface area contributed by atoms with Crippen LogP contribution < -0.4 is 5.73 Å². The Balaban J connectivity index is 0.00000120. The Kier molecular flexibility index (Phi) is 3.91. The number of benzene rings is 1. The lowest BCUT2D eigenvalue weighted by molar-refractivity contribution is 0.997. The van der Waals surface area contributed by atoms with Gasteiger partial charge in [-0.3, -0.25) is 4.98 Å². The number of hydrogen-bond donors (Lipinski definition) is 1. The van der Waals surface area contributed by atoms with E-state index in [1.165, 1.54) is 0 Å². The summed E-state index contributed by atoms with van der Waals surface area (Å²) >= 11 is 1.66. The second-order valence-electron chi connectivity index (χ2n) is 3.73. The predicted octanol–water partition coefficient (Wildman–Crippen LogP) is 3.24. The van der Waals surface area contributed by atoms with Crippen LogP contribution in [0.2, 0.25) is 0 Å². The predicted molar refractivity (Wildman–Crippen MR) is 78.0 cm³/mol. The summed E-state index contributed by atoms with van der Waals surface area (Å²) in [5.74, 6) is 0. The van der Waals surface area contributed by atoms with Crippen LogP contribution in [0.4, 0.5) is 0 Å². The zero-order valence-electron chi connectivity index (χ0n) is 9.54. The van der Waals surface area contributed by atoms with Crippen LogP contribution in [-0.4, -0.2) is 9.97 Å². The Bertz CT molecular complexity index is 652. The average molecular weight is 278 g/mol. The first-order chi connectivity index (χ1) is 8.36. The SMILES string of the molecule is Cl.NCc1cc2nc(-c3ccccc3)sc2cn1. The molecule has 2 aromatic heterocycles. The molecule has 0 aliphatic heterocycles. The van der Waals surface area contributed by atoms with Crippen molar-refractivity contribution in [3.05, 3.63) is 48.3 Å². The third kappa shape index (κ3) is 2.36. The molecule has 0 unspecified atom stereocenters. The Labute approximate surface area is 115 Å². The molecule has 2 heterocycles. The van der Waals surface area contributed by atoms with Crippen LogP contribution in [0.3, 0.4) is 0 Å². The lowest BCUT2D eigenvalue weighted by atomic mass is 10.2. The van der Waals surface area contributed by atoms with Crippen molar-refractivity contribution in [2.24, 2.45) is 5.73 Å². The van der Waals surface area contributed by atoms with Gasteiger partial charge in [0.1, 0.15) is 5.01 Å². The minimum Gasteiger partial charge on any atom is -0.325 e. The molecule has 0 radical (unpaired) electrons. The van der Waals surface area contributed by atoms with Crippen LogP contribution in [-0.2, 0) is 6.54 Å². The molecule has 0 fully saturated rings. The summed E-state index contributed by atoms with van der Waals surface area (Å²) in [7, 11) is 0. The van der Waals surface area contributed by atoms with E-state index >= 15 is 0 Å². The topological polar surface area (TPSA) is 51.8 Å². The first-order valence-corrected chi connectivity index (χ1v) is 6.19. The van der Waals surface area contributed by atoms with Gasteiger partial charge in [0.25, 0.3) is 0 Å². The highest BCUT2D eigenvalue weighted by molar-refractivity contribution is 7.21. The van der Waals surface area contributed by atoms with E-state index in [4.69, 9.17) is 5.73 Å². The highest BCUT2D eigenvalue weighted by Crippen LogP contribution is 2.29. The van der Waals surface area contributed by atoms with Crippen LogP contribution in [0.15, 0.2) is 42.6 Å². The number of fused-ring (bicyclic) bond motifs is 1. The molecular weight excluding hydrogens is 266 g/mol. The number of pyridine rings is 1. The summed E-state index contributed by atoms with van der Waals surface area (Å²) in [5, 5.41) is 1.02. The van der Waals surface area contributed by atoms with Gasteiger partial charge in [-0.25, -0.2) is 4.98 Å². The molecule has 0 amide bonds. The van der Waals surface area contributed by atoms with Crippen LogP contribution in [0.5, 0.6) is 0 Å². The van der Waals surface area contributed by atoms with Crippen molar-refractivity contribution in [2.45, 2.75) is 6.54 Å². The van der Waals surface area contributed by atoms with E-state index in [0.717, 1.165) is 26.5 Å². The van der Waals surface area contributed by atoms with E-state index in [9.17, 15) is 0 Å². The highest BCUT2D eigenvalue weighted by Gasteiger charge is 2.06. The molecule has 3 aromatic rings. The maximum atomic E-state index is 5.57. The molecule has 0 spiro atoms. The van der Waals surface area contributed by atoms with Crippen LogP contribution in [0.1, 0.15) is 5.69 Å². The largest absolute Gasteiger partial charge is 0.325 e. The Morgan fingerprint density at radius 1 is 1.17 bits per heavy atom. The lowest BCUT2D eigenvalue weighted by Gasteiger charge is -1.93.